The van der Waals surface area contributed by atoms with Crippen LogP contribution in [0.5, 0.6) is 5.75 Å². The first-order chi connectivity index (χ1) is 18.8. The molecule has 3 aliphatic rings. The summed E-state index contributed by atoms with van der Waals surface area (Å²) in [6, 6.07) is 7.19. The third-order valence-corrected chi connectivity index (χ3v) is 8.37. The Bertz CT molecular complexity index is 1440. The molecule has 6 rings (SSSR count). The molecule has 7 nitrogen and oxygen atoms in total. The Morgan fingerprint density at radius 3 is 2.70 bits per heavy atom. The van der Waals surface area contributed by atoms with Crippen LogP contribution in [0.15, 0.2) is 41.6 Å². The van der Waals surface area contributed by atoms with E-state index < -0.39 is 23.8 Å². The van der Waals surface area contributed by atoms with Crippen LogP contribution in [-0.4, -0.2) is 60.8 Å². The van der Waals surface area contributed by atoms with Crippen LogP contribution in [0.3, 0.4) is 0 Å². The number of aromatic nitrogens is 4. The Morgan fingerprint density at radius 1 is 1.16 bits per heavy atom. The Hall–Kier alpha value is -2.85. The number of thioether (sulfide) groups is 1. The van der Waals surface area contributed by atoms with E-state index in [9.17, 15) is 9.50 Å². The highest BCUT2D eigenvalue weighted by Crippen LogP contribution is 2.47. The van der Waals surface area contributed by atoms with Crippen LogP contribution < -0.4 is 10.2 Å². The number of phenols is 1. The molecule has 1 saturated carbocycles. The predicted octanol–water partition coefficient (Wildman–Crippen LogP) is 5.15. The molecule has 0 spiro atoms. The summed E-state index contributed by atoms with van der Waals surface area (Å²) in [4.78, 5) is 10.2. The quantitative estimate of drug-likeness (QED) is 0.336. The van der Waals surface area contributed by atoms with E-state index in [2.05, 4.69) is 37.3 Å². The molecule has 2 bridgehead atoms. The predicted molar refractivity (Wildman–Crippen MR) is 140 cm³/mol. The number of benzene rings is 1. The molecule has 1 aromatic carbocycles. The highest BCUT2D eigenvalue weighted by molar-refractivity contribution is 7.98. The molecule has 0 unspecified atom stereocenters. The fourth-order valence-corrected chi connectivity index (χ4v) is 6.34. The summed E-state index contributed by atoms with van der Waals surface area (Å²) < 4.78 is 52.2. The summed E-state index contributed by atoms with van der Waals surface area (Å²) in [7, 11) is 0. The van der Waals surface area contributed by atoms with E-state index in [0.29, 0.717) is 40.7 Å². The number of halogens is 2. The van der Waals surface area contributed by atoms with E-state index in [-0.39, 0.29) is 34.2 Å². The number of piperidine rings is 1. The first-order valence-electron chi connectivity index (χ1n) is 13.9. The minimum Gasteiger partial charge on any atom is -0.507 e. The monoisotopic (exact) mass is 527 g/mol. The number of nitrogens with one attached hydrogen (secondary N) is 1. The fourth-order valence-electron chi connectivity index (χ4n) is 6.02. The van der Waals surface area contributed by atoms with Crippen molar-refractivity contribution in [1.82, 2.24) is 25.5 Å². The maximum Gasteiger partial charge on any atom is 0.214 e. The van der Waals surface area contributed by atoms with Gasteiger partial charge in [0.05, 0.1) is 22.8 Å². The average Bonchev–Trinajstić information content (AvgIpc) is 3.66. The second-order valence-electron chi connectivity index (χ2n) is 10.9. The lowest BCUT2D eigenvalue weighted by Crippen LogP contribution is -2.66. The van der Waals surface area contributed by atoms with E-state index >= 15 is 4.39 Å². The van der Waals surface area contributed by atoms with Gasteiger partial charge in [0.15, 0.2) is 11.6 Å². The van der Waals surface area contributed by atoms with E-state index in [1.54, 1.807) is 18.3 Å². The van der Waals surface area contributed by atoms with E-state index in [4.69, 9.17) is 4.11 Å². The standard InChI is InChI=1S/C27H30F2N6OS/c1-26-8-9-27(2,34-26)24(29)19(13-26)35(17-5-6-17)22-14-30-25(33-32-22)18-7-4-15(10-20(18)36)16-11-21(28)31-23(12-16)37-3/h4,7,10-12,14,17,19,24,34,36H,5-6,8-9,13H2,1-3H3/t19-,24-,26-,27+/m1/s1/i3D3. The van der Waals surface area contributed by atoms with Gasteiger partial charge in [0.2, 0.25) is 5.95 Å². The van der Waals surface area contributed by atoms with Crippen molar-refractivity contribution in [3.8, 4) is 28.3 Å². The molecular formula is C27H30F2N6OS. The van der Waals surface area contributed by atoms with Gasteiger partial charge in [-0.3, -0.25) is 0 Å². The topological polar surface area (TPSA) is 87.1 Å². The number of phenolic OH excluding ortho intramolecular Hbond substituents is 1. The lowest BCUT2D eigenvalue weighted by Gasteiger charge is -2.48. The van der Waals surface area contributed by atoms with E-state index in [1.165, 1.54) is 18.2 Å². The van der Waals surface area contributed by atoms with Gasteiger partial charge in [0, 0.05) is 27.3 Å². The Morgan fingerprint density at radius 2 is 2.00 bits per heavy atom. The molecule has 1 aliphatic carbocycles. The maximum absolute atomic E-state index is 15.9. The number of rotatable bonds is 6. The molecular weight excluding hydrogens is 494 g/mol. The molecule has 4 atom stereocenters. The zero-order valence-corrected chi connectivity index (χ0v) is 21.4. The summed E-state index contributed by atoms with van der Waals surface area (Å²) in [5.41, 5.74) is 0.484. The summed E-state index contributed by atoms with van der Waals surface area (Å²) in [6.07, 6.45) is 2.50. The van der Waals surface area contributed by atoms with Crippen molar-refractivity contribution in [3.63, 3.8) is 0 Å². The van der Waals surface area contributed by atoms with Gasteiger partial charge >= 0.3 is 0 Å². The van der Waals surface area contributed by atoms with Gasteiger partial charge in [-0.1, -0.05) is 6.07 Å². The number of alkyl halides is 1. The van der Waals surface area contributed by atoms with Crippen molar-refractivity contribution >= 4 is 17.6 Å². The Balaban J connectivity index is 1.26. The van der Waals surface area contributed by atoms with Crippen LogP contribution >= 0.6 is 11.8 Å². The number of fused-ring (bicyclic) bond motifs is 2. The molecule has 0 amide bonds. The van der Waals surface area contributed by atoms with Crippen molar-refractivity contribution in [3.05, 3.63) is 42.5 Å². The van der Waals surface area contributed by atoms with Crippen LogP contribution in [0.4, 0.5) is 14.6 Å². The van der Waals surface area contributed by atoms with Crippen LogP contribution in [0, 0.1) is 5.95 Å². The molecule has 3 fully saturated rings. The van der Waals surface area contributed by atoms with Crippen molar-refractivity contribution in [2.24, 2.45) is 0 Å². The molecule has 3 aromatic rings. The molecule has 4 heterocycles. The smallest absolute Gasteiger partial charge is 0.214 e. The number of nitrogens with zero attached hydrogens (tertiary/aromatic N) is 5. The van der Waals surface area contributed by atoms with Crippen molar-refractivity contribution in [1.29, 1.82) is 0 Å². The molecule has 0 radical (unpaired) electrons. The highest BCUT2D eigenvalue weighted by atomic mass is 32.2. The second-order valence-corrected chi connectivity index (χ2v) is 11.5. The normalized spacial score (nSPS) is 30.4. The highest BCUT2D eigenvalue weighted by Gasteiger charge is 2.58. The van der Waals surface area contributed by atoms with Gasteiger partial charge in [-0.25, -0.2) is 14.4 Å². The minimum atomic E-state index is -2.37. The number of pyridine rings is 1. The van der Waals surface area contributed by atoms with Gasteiger partial charge in [-0.2, -0.15) is 4.39 Å². The summed E-state index contributed by atoms with van der Waals surface area (Å²) in [6.45, 7) is 4.13. The molecule has 2 N–H and O–H groups in total. The lowest BCUT2D eigenvalue weighted by atomic mass is 9.82. The molecule has 194 valence electrons. The third-order valence-electron chi connectivity index (χ3n) is 7.95. The molecule has 2 aromatic heterocycles. The molecule has 2 aliphatic heterocycles. The van der Waals surface area contributed by atoms with Gasteiger partial charge in [-0.05, 0) is 81.5 Å². The average molecular weight is 528 g/mol. The largest absolute Gasteiger partial charge is 0.507 e. The zero-order valence-electron chi connectivity index (χ0n) is 23.6. The van der Waals surface area contributed by atoms with Gasteiger partial charge < -0.3 is 15.3 Å². The number of hydrogen-bond donors (Lipinski definition) is 2. The number of hydrogen-bond acceptors (Lipinski definition) is 8. The minimum absolute atomic E-state index is 0.0159. The number of aromatic hydroxyl groups is 1. The third kappa shape index (κ3) is 4.44. The van der Waals surface area contributed by atoms with Gasteiger partial charge in [-0.15, -0.1) is 22.0 Å². The first kappa shape index (κ1) is 21.1. The lowest BCUT2D eigenvalue weighted by molar-refractivity contribution is 0.0831. The van der Waals surface area contributed by atoms with Crippen LogP contribution in [0.2, 0.25) is 0 Å². The SMILES string of the molecule is [2H]C([2H])([2H])Sc1cc(-c2ccc(-c3ncc(N(C4CC4)[C@@H]4C[C@@]5(C)CC[C@](C)(N5)[C@@H]4F)nn3)c(O)c2)cc(F)n1. The van der Waals surface area contributed by atoms with Crippen molar-refractivity contribution in [2.75, 3.05) is 11.1 Å². The van der Waals surface area contributed by atoms with Crippen molar-refractivity contribution < 1.29 is 18.0 Å². The van der Waals surface area contributed by atoms with Gasteiger partial charge in [0.1, 0.15) is 11.9 Å². The molecule has 2 saturated heterocycles. The van der Waals surface area contributed by atoms with Gasteiger partial charge in [0.25, 0.3) is 0 Å². The summed E-state index contributed by atoms with van der Waals surface area (Å²) in [5.74, 6) is -0.247. The molecule has 10 heteroatoms. The zero-order chi connectivity index (χ0) is 28.4. The fraction of sp³-hybridized carbons (Fsp3) is 0.481. The Kier molecular flexibility index (Phi) is 5.06. The maximum atomic E-state index is 15.9. The Labute approximate surface area is 223 Å². The summed E-state index contributed by atoms with van der Waals surface area (Å²) in [5, 5.41) is 23.0. The van der Waals surface area contributed by atoms with Crippen LogP contribution in [-0.2, 0) is 0 Å². The van der Waals surface area contributed by atoms with Crippen LogP contribution in [0.25, 0.3) is 22.5 Å². The van der Waals surface area contributed by atoms with E-state index in [1.807, 2.05) is 6.92 Å². The van der Waals surface area contributed by atoms with E-state index in [0.717, 1.165) is 25.7 Å². The van der Waals surface area contributed by atoms with Crippen LogP contribution in [0.1, 0.15) is 50.1 Å². The first-order valence-corrected chi connectivity index (χ1v) is 13.3. The number of anilines is 1. The van der Waals surface area contributed by atoms with Crippen molar-refractivity contribution in [2.45, 2.75) is 80.3 Å². The molecule has 37 heavy (non-hydrogen) atoms. The second kappa shape index (κ2) is 8.87. The summed E-state index contributed by atoms with van der Waals surface area (Å²) >= 11 is 0.478.